The van der Waals surface area contributed by atoms with Crippen molar-refractivity contribution in [2.45, 2.75) is 38.9 Å². The molecule has 20 heavy (non-hydrogen) atoms. The fourth-order valence-corrected chi connectivity index (χ4v) is 3.35. The lowest BCUT2D eigenvalue weighted by Crippen LogP contribution is -2.44. The van der Waals surface area contributed by atoms with Gasteiger partial charge < -0.3 is 9.88 Å². The molecule has 0 unspecified atom stereocenters. The number of hydrogen-bond acceptors (Lipinski definition) is 3. The molecule has 0 saturated carbocycles. The number of fused-ring (bicyclic) bond motifs is 1. The number of aromatic nitrogens is 3. The van der Waals surface area contributed by atoms with Crippen LogP contribution in [0.25, 0.3) is 11.0 Å². The van der Waals surface area contributed by atoms with Gasteiger partial charge in [0.2, 0.25) is 0 Å². The summed E-state index contributed by atoms with van der Waals surface area (Å²) in [6.07, 6.45) is 5.47. The molecule has 0 bridgehead atoms. The second kappa shape index (κ2) is 5.99. The van der Waals surface area contributed by atoms with Gasteiger partial charge in [0, 0.05) is 27.9 Å². The molecule has 2 aromatic heterocycles. The molecule has 2 aromatic rings. The summed E-state index contributed by atoms with van der Waals surface area (Å²) >= 11 is 8.41. The van der Waals surface area contributed by atoms with Crippen molar-refractivity contribution in [2.24, 2.45) is 0 Å². The van der Waals surface area contributed by atoms with Crippen LogP contribution in [0.3, 0.4) is 0 Å². The smallest absolute Gasteiger partial charge is 0.146 e. The number of nitrogens with zero attached hydrogens (tertiary/aromatic N) is 3. The van der Waals surface area contributed by atoms with Gasteiger partial charge in [-0.25, -0.2) is 9.97 Å². The van der Waals surface area contributed by atoms with Gasteiger partial charge in [0.25, 0.3) is 0 Å². The number of hydrogen-bond donors (Lipinski definition) is 1. The third-order valence-corrected chi connectivity index (χ3v) is 3.96. The van der Waals surface area contributed by atoms with Crippen LogP contribution in [-0.4, -0.2) is 26.1 Å². The van der Waals surface area contributed by atoms with Crippen LogP contribution in [0, 0.1) is 3.57 Å². The second-order valence-electron chi connectivity index (χ2n) is 5.73. The highest BCUT2D eigenvalue weighted by molar-refractivity contribution is 14.1. The van der Waals surface area contributed by atoms with Crippen molar-refractivity contribution >= 4 is 45.2 Å². The SMILES string of the molecule is C=C[C@@H](Cn1cc(I)c2c(Cl)ncnc21)NC(C)(C)C. The molecule has 0 radical (unpaired) electrons. The second-order valence-corrected chi connectivity index (χ2v) is 7.25. The van der Waals surface area contributed by atoms with Gasteiger partial charge in [-0.1, -0.05) is 17.7 Å². The summed E-state index contributed by atoms with van der Waals surface area (Å²) in [6, 6.07) is 0.162. The molecule has 0 aliphatic rings. The van der Waals surface area contributed by atoms with Gasteiger partial charge in [-0.15, -0.1) is 6.58 Å². The summed E-state index contributed by atoms with van der Waals surface area (Å²) in [4.78, 5) is 8.39. The fraction of sp³-hybridized carbons (Fsp3) is 0.429. The maximum absolute atomic E-state index is 6.15. The van der Waals surface area contributed by atoms with Crippen molar-refractivity contribution in [1.29, 1.82) is 0 Å². The Bertz CT molecular complexity index is 630. The van der Waals surface area contributed by atoms with Gasteiger partial charge in [-0.05, 0) is 43.4 Å². The molecule has 108 valence electrons. The van der Waals surface area contributed by atoms with Crippen LogP contribution in [0.1, 0.15) is 20.8 Å². The fourth-order valence-electron chi connectivity index (χ4n) is 2.13. The maximum atomic E-state index is 6.15. The highest BCUT2D eigenvalue weighted by Crippen LogP contribution is 2.26. The predicted octanol–water partition coefficient (Wildman–Crippen LogP) is 3.63. The lowest BCUT2D eigenvalue weighted by Gasteiger charge is -2.27. The van der Waals surface area contributed by atoms with Crippen molar-refractivity contribution in [2.75, 3.05) is 0 Å². The Morgan fingerprint density at radius 2 is 2.20 bits per heavy atom. The van der Waals surface area contributed by atoms with Crippen molar-refractivity contribution in [3.05, 3.63) is 33.9 Å². The zero-order valence-electron chi connectivity index (χ0n) is 11.8. The van der Waals surface area contributed by atoms with Crippen LogP contribution in [0.4, 0.5) is 0 Å². The monoisotopic (exact) mass is 404 g/mol. The van der Waals surface area contributed by atoms with Crippen molar-refractivity contribution in [3.8, 4) is 0 Å². The van der Waals surface area contributed by atoms with Crippen LogP contribution in [0.5, 0.6) is 0 Å². The highest BCUT2D eigenvalue weighted by Gasteiger charge is 2.18. The molecule has 0 aromatic carbocycles. The van der Waals surface area contributed by atoms with Crippen molar-refractivity contribution in [3.63, 3.8) is 0 Å². The first kappa shape index (κ1) is 15.7. The zero-order valence-corrected chi connectivity index (χ0v) is 14.7. The van der Waals surface area contributed by atoms with E-state index in [0.29, 0.717) is 5.15 Å². The third-order valence-electron chi connectivity index (χ3n) is 2.86. The molecular weight excluding hydrogens is 387 g/mol. The van der Waals surface area contributed by atoms with E-state index in [-0.39, 0.29) is 11.6 Å². The average Bonchev–Trinajstić information content (AvgIpc) is 2.65. The minimum absolute atomic E-state index is 0.0294. The van der Waals surface area contributed by atoms with E-state index >= 15 is 0 Å². The quantitative estimate of drug-likeness (QED) is 0.481. The summed E-state index contributed by atoms with van der Waals surface area (Å²) in [5, 5.41) is 4.93. The Morgan fingerprint density at radius 3 is 2.80 bits per heavy atom. The van der Waals surface area contributed by atoms with Crippen LogP contribution < -0.4 is 5.32 Å². The standard InChI is InChI=1S/C14H18ClIN4/c1-5-9(19-14(2,3)4)6-20-7-10(16)11-12(15)17-8-18-13(11)20/h5,7-9,19H,1,6H2,2-4H3/t9-/m0/s1. The van der Waals surface area contributed by atoms with Crippen LogP contribution in [-0.2, 0) is 6.54 Å². The molecule has 0 amide bonds. The lowest BCUT2D eigenvalue weighted by molar-refractivity contribution is 0.370. The Labute approximate surface area is 137 Å². The average molecular weight is 405 g/mol. The molecule has 0 spiro atoms. The van der Waals surface area contributed by atoms with E-state index in [9.17, 15) is 0 Å². The number of nitrogens with one attached hydrogen (secondary N) is 1. The molecule has 6 heteroatoms. The molecule has 1 atom stereocenters. The first-order valence-electron chi connectivity index (χ1n) is 6.37. The van der Waals surface area contributed by atoms with Gasteiger partial charge in [0.05, 0.1) is 5.39 Å². The van der Waals surface area contributed by atoms with E-state index in [1.165, 1.54) is 6.33 Å². The summed E-state index contributed by atoms with van der Waals surface area (Å²) in [6.45, 7) is 11.1. The molecular formula is C14H18ClIN4. The Kier molecular flexibility index (Phi) is 4.71. The largest absolute Gasteiger partial charge is 0.329 e. The molecule has 4 nitrogen and oxygen atoms in total. The van der Waals surface area contributed by atoms with Gasteiger partial charge in [0.15, 0.2) is 0 Å². The Morgan fingerprint density at radius 1 is 1.50 bits per heavy atom. The van der Waals surface area contributed by atoms with E-state index in [4.69, 9.17) is 11.6 Å². The normalized spacial score (nSPS) is 13.7. The van der Waals surface area contributed by atoms with E-state index in [1.807, 2.05) is 12.3 Å². The molecule has 1 N–H and O–H groups in total. The lowest BCUT2D eigenvalue weighted by atomic mass is 10.1. The van der Waals surface area contributed by atoms with Crippen LogP contribution in [0.15, 0.2) is 25.2 Å². The van der Waals surface area contributed by atoms with Crippen LogP contribution >= 0.6 is 34.2 Å². The predicted molar refractivity (Wildman–Crippen MR) is 92.1 cm³/mol. The minimum atomic E-state index is 0.0294. The summed E-state index contributed by atoms with van der Waals surface area (Å²) in [7, 11) is 0. The van der Waals surface area contributed by atoms with E-state index in [0.717, 1.165) is 21.1 Å². The summed E-state index contributed by atoms with van der Waals surface area (Å²) in [5.74, 6) is 0. The van der Waals surface area contributed by atoms with E-state index in [2.05, 4.69) is 69.8 Å². The van der Waals surface area contributed by atoms with Gasteiger partial charge in [-0.2, -0.15) is 0 Å². The molecule has 0 fully saturated rings. The Hall–Kier alpha value is -0.660. The van der Waals surface area contributed by atoms with Crippen molar-refractivity contribution in [1.82, 2.24) is 19.9 Å². The molecule has 0 aliphatic heterocycles. The summed E-state index contributed by atoms with van der Waals surface area (Å²) in [5.41, 5.74) is 0.888. The topological polar surface area (TPSA) is 42.7 Å². The van der Waals surface area contributed by atoms with Crippen LogP contribution in [0.2, 0.25) is 5.15 Å². The maximum Gasteiger partial charge on any atom is 0.146 e. The molecule has 2 rings (SSSR count). The van der Waals surface area contributed by atoms with Gasteiger partial charge in [-0.3, -0.25) is 0 Å². The number of rotatable bonds is 4. The Balaban J connectivity index is 2.34. The minimum Gasteiger partial charge on any atom is -0.329 e. The molecule has 2 heterocycles. The van der Waals surface area contributed by atoms with Crippen molar-refractivity contribution < 1.29 is 0 Å². The van der Waals surface area contributed by atoms with Gasteiger partial charge in [0.1, 0.15) is 17.1 Å². The highest BCUT2D eigenvalue weighted by atomic mass is 127. The zero-order chi connectivity index (χ0) is 14.9. The third kappa shape index (κ3) is 3.51. The van der Waals surface area contributed by atoms with Gasteiger partial charge >= 0.3 is 0 Å². The number of halogens is 2. The first-order chi connectivity index (χ1) is 9.31. The molecule has 0 saturated heterocycles. The molecule has 0 aliphatic carbocycles. The summed E-state index contributed by atoms with van der Waals surface area (Å²) < 4.78 is 3.15. The van der Waals surface area contributed by atoms with E-state index in [1.54, 1.807) is 0 Å². The first-order valence-corrected chi connectivity index (χ1v) is 7.82. The van der Waals surface area contributed by atoms with E-state index < -0.39 is 0 Å².